The maximum atomic E-state index is 13.8. The maximum Gasteiger partial charge on any atom is 0.416 e. The van der Waals surface area contributed by atoms with E-state index in [9.17, 15) is 27.9 Å². The molecule has 1 aromatic heterocycles. The van der Waals surface area contributed by atoms with E-state index in [0.717, 1.165) is 17.0 Å². The number of anilines is 3. The molecule has 2 aliphatic rings. The van der Waals surface area contributed by atoms with E-state index in [2.05, 4.69) is 4.98 Å². The van der Waals surface area contributed by atoms with Gasteiger partial charge in [-0.15, -0.1) is 0 Å². The first kappa shape index (κ1) is 27.2. The van der Waals surface area contributed by atoms with Crippen LogP contribution in [0.5, 0.6) is 0 Å². The summed E-state index contributed by atoms with van der Waals surface area (Å²) in [6.45, 7) is 2.15. The number of alkyl halides is 3. The van der Waals surface area contributed by atoms with E-state index in [1.165, 1.54) is 11.8 Å². The van der Waals surface area contributed by atoms with Gasteiger partial charge in [-0.2, -0.15) is 13.2 Å². The number of aliphatic hydroxyl groups excluding tert-OH is 1. The standard InChI is InChI=1S/C25H29ClF3N5O3/c1-14-8-16(25(27,28)29)10-20(30-14)34-21(36)9-15-11-33(13-17(35)12-31(2)3)23-18(26)6-5-7-19(23)32(4)24(37)22(15)34/h5-8,10,15,17,22,35H,9,11-13H2,1-4H3/t15-,17-,22+/m1/s1. The molecule has 2 aliphatic heterocycles. The first-order chi connectivity index (χ1) is 17.3. The molecule has 8 nitrogen and oxygen atoms in total. The predicted octanol–water partition coefficient (Wildman–Crippen LogP) is 3.19. The molecule has 1 N–H and O–H groups in total. The lowest BCUT2D eigenvalue weighted by Crippen LogP contribution is -2.53. The van der Waals surface area contributed by atoms with Crippen molar-refractivity contribution in [3.8, 4) is 0 Å². The minimum absolute atomic E-state index is 0.0682. The number of aromatic nitrogens is 1. The SMILES string of the molecule is Cc1cc(C(F)(F)F)cc(N2C(=O)C[C@@H]3CN(C[C@H](O)CN(C)C)c4c(Cl)cccc4N(C)C(=O)[C@H]32)n1. The topological polar surface area (TPSA) is 80.2 Å². The van der Waals surface area contributed by atoms with Crippen LogP contribution in [0, 0.1) is 12.8 Å². The summed E-state index contributed by atoms with van der Waals surface area (Å²) in [7, 11) is 5.20. The molecule has 4 rings (SSSR count). The summed E-state index contributed by atoms with van der Waals surface area (Å²) in [6, 6.07) is 5.72. The minimum atomic E-state index is -4.64. The number of pyridine rings is 1. The number of amides is 2. The smallest absolute Gasteiger partial charge is 0.390 e. The largest absolute Gasteiger partial charge is 0.416 e. The van der Waals surface area contributed by atoms with E-state index in [1.54, 1.807) is 25.2 Å². The van der Waals surface area contributed by atoms with Crippen LogP contribution in [0.25, 0.3) is 0 Å². The highest BCUT2D eigenvalue weighted by Gasteiger charge is 2.49. The zero-order valence-corrected chi connectivity index (χ0v) is 21.7. The number of aryl methyl sites for hydroxylation is 1. The second kappa shape index (κ2) is 10.1. The number of benzene rings is 1. The third kappa shape index (κ3) is 5.39. The molecule has 1 aromatic carbocycles. The monoisotopic (exact) mass is 539 g/mol. The van der Waals surface area contributed by atoms with E-state index < -0.39 is 41.6 Å². The van der Waals surface area contributed by atoms with Crippen LogP contribution >= 0.6 is 11.6 Å². The Kier molecular flexibility index (Phi) is 7.42. The molecular weight excluding hydrogens is 511 g/mol. The highest BCUT2D eigenvalue weighted by atomic mass is 35.5. The molecule has 200 valence electrons. The van der Waals surface area contributed by atoms with Crippen LogP contribution in [-0.2, 0) is 15.8 Å². The van der Waals surface area contributed by atoms with Crippen molar-refractivity contribution in [3.63, 3.8) is 0 Å². The summed E-state index contributed by atoms with van der Waals surface area (Å²) in [5.74, 6) is -1.73. The predicted molar refractivity (Wildman–Crippen MR) is 135 cm³/mol. The van der Waals surface area contributed by atoms with Crippen molar-refractivity contribution in [3.05, 3.63) is 46.6 Å². The summed E-state index contributed by atoms with van der Waals surface area (Å²) >= 11 is 6.57. The van der Waals surface area contributed by atoms with Gasteiger partial charge in [-0.1, -0.05) is 17.7 Å². The number of nitrogens with zero attached hydrogens (tertiary/aromatic N) is 5. The zero-order chi connectivity index (χ0) is 27.2. The first-order valence-corrected chi connectivity index (χ1v) is 12.2. The fraction of sp³-hybridized carbons (Fsp3) is 0.480. The molecule has 1 fully saturated rings. The Labute approximate surface area is 218 Å². The van der Waals surface area contributed by atoms with Gasteiger partial charge < -0.3 is 19.8 Å². The number of hydrogen-bond acceptors (Lipinski definition) is 6. The summed E-state index contributed by atoms with van der Waals surface area (Å²) in [4.78, 5) is 37.4. The molecule has 0 radical (unpaired) electrons. The Bertz CT molecular complexity index is 1210. The van der Waals surface area contributed by atoms with Gasteiger partial charge in [0.25, 0.3) is 0 Å². The van der Waals surface area contributed by atoms with E-state index in [0.29, 0.717) is 22.9 Å². The molecule has 0 saturated carbocycles. The molecule has 0 unspecified atom stereocenters. The van der Waals surface area contributed by atoms with Crippen molar-refractivity contribution in [2.45, 2.75) is 31.7 Å². The number of carbonyl (C=O) groups excluding carboxylic acids is 2. The van der Waals surface area contributed by atoms with Crippen LogP contribution in [0.3, 0.4) is 0 Å². The average Bonchev–Trinajstić information content (AvgIpc) is 3.10. The number of fused-ring (bicyclic) bond motifs is 2. The van der Waals surface area contributed by atoms with E-state index in [4.69, 9.17) is 11.6 Å². The molecule has 0 aliphatic carbocycles. The molecule has 37 heavy (non-hydrogen) atoms. The number of para-hydroxylation sites is 1. The molecule has 3 heterocycles. The van der Waals surface area contributed by atoms with Crippen LogP contribution in [0.4, 0.5) is 30.4 Å². The third-order valence-electron chi connectivity index (χ3n) is 6.63. The Morgan fingerprint density at radius 3 is 2.59 bits per heavy atom. The van der Waals surface area contributed by atoms with Gasteiger partial charge in [0.2, 0.25) is 11.8 Å². The van der Waals surface area contributed by atoms with Gasteiger partial charge in [-0.25, -0.2) is 4.98 Å². The van der Waals surface area contributed by atoms with Gasteiger partial charge in [0, 0.05) is 44.7 Å². The molecule has 1 saturated heterocycles. The zero-order valence-electron chi connectivity index (χ0n) is 21.0. The number of β-amino-alcohol motifs (C(OH)–C–C–N with tert-alkyl or cyclic N) is 1. The number of carbonyl (C=O) groups is 2. The highest BCUT2D eigenvalue weighted by molar-refractivity contribution is 6.34. The van der Waals surface area contributed by atoms with Crippen LogP contribution in [0.2, 0.25) is 5.02 Å². The number of aliphatic hydroxyl groups is 1. The van der Waals surface area contributed by atoms with Crippen LogP contribution in [0.1, 0.15) is 17.7 Å². The van der Waals surface area contributed by atoms with E-state index in [-0.39, 0.29) is 31.0 Å². The van der Waals surface area contributed by atoms with Crippen LogP contribution < -0.4 is 14.7 Å². The Morgan fingerprint density at radius 2 is 1.95 bits per heavy atom. The van der Waals surface area contributed by atoms with Crippen molar-refractivity contribution in [2.24, 2.45) is 5.92 Å². The Morgan fingerprint density at radius 1 is 1.24 bits per heavy atom. The molecule has 12 heteroatoms. The Hall–Kier alpha value is -2.89. The summed E-state index contributed by atoms with van der Waals surface area (Å²) in [5, 5.41) is 11.1. The molecule has 0 spiro atoms. The van der Waals surface area contributed by atoms with Gasteiger partial charge in [0.1, 0.15) is 11.9 Å². The molecular formula is C25H29ClF3N5O3. The lowest BCUT2D eigenvalue weighted by Gasteiger charge is -2.40. The fourth-order valence-electron chi connectivity index (χ4n) is 5.16. The second-order valence-electron chi connectivity index (χ2n) is 9.85. The summed E-state index contributed by atoms with van der Waals surface area (Å²) in [5.41, 5.74) is 0.164. The quantitative estimate of drug-likeness (QED) is 0.629. The number of likely N-dealkylation sites (N-methyl/N-ethyl adjacent to an activating group) is 2. The third-order valence-corrected chi connectivity index (χ3v) is 6.94. The van der Waals surface area contributed by atoms with E-state index in [1.807, 2.05) is 23.9 Å². The molecule has 2 aromatic rings. The van der Waals surface area contributed by atoms with Crippen molar-refractivity contribution in [2.75, 3.05) is 55.5 Å². The molecule has 3 atom stereocenters. The van der Waals surface area contributed by atoms with Crippen molar-refractivity contribution in [1.82, 2.24) is 9.88 Å². The van der Waals surface area contributed by atoms with Crippen molar-refractivity contribution >= 4 is 40.6 Å². The maximum absolute atomic E-state index is 13.8. The molecule has 2 amide bonds. The van der Waals surface area contributed by atoms with Gasteiger partial charge in [0.15, 0.2) is 0 Å². The minimum Gasteiger partial charge on any atom is -0.390 e. The van der Waals surface area contributed by atoms with Crippen molar-refractivity contribution < 1.29 is 27.9 Å². The number of rotatable bonds is 5. The average molecular weight is 540 g/mol. The fourth-order valence-corrected chi connectivity index (χ4v) is 5.45. The Balaban J connectivity index is 1.80. The summed E-state index contributed by atoms with van der Waals surface area (Å²) < 4.78 is 40.6. The summed E-state index contributed by atoms with van der Waals surface area (Å²) in [6.07, 6.45) is -5.47. The lowest BCUT2D eigenvalue weighted by atomic mass is 9.95. The van der Waals surface area contributed by atoms with Crippen molar-refractivity contribution in [1.29, 1.82) is 0 Å². The first-order valence-electron chi connectivity index (χ1n) is 11.8. The van der Waals surface area contributed by atoms with Gasteiger partial charge in [0.05, 0.1) is 28.1 Å². The lowest BCUT2D eigenvalue weighted by molar-refractivity contribution is -0.137. The molecule has 0 bridgehead atoms. The van der Waals surface area contributed by atoms with Gasteiger partial charge in [-0.05, 0) is 45.3 Å². The van der Waals surface area contributed by atoms with Crippen LogP contribution in [0.15, 0.2) is 30.3 Å². The second-order valence-corrected chi connectivity index (χ2v) is 10.3. The number of hydrogen-bond donors (Lipinski definition) is 1. The van der Waals surface area contributed by atoms with Gasteiger partial charge >= 0.3 is 6.18 Å². The highest BCUT2D eigenvalue weighted by Crippen LogP contribution is 2.43. The van der Waals surface area contributed by atoms with Crippen LogP contribution in [-0.4, -0.2) is 79.7 Å². The number of halogens is 4. The van der Waals surface area contributed by atoms with Gasteiger partial charge in [-0.3, -0.25) is 14.5 Å². The normalized spacial score (nSPS) is 21.2. The van der Waals surface area contributed by atoms with E-state index >= 15 is 0 Å².